The molecule has 0 radical (unpaired) electrons. The van der Waals surface area contributed by atoms with E-state index in [0.717, 1.165) is 0 Å². The van der Waals surface area contributed by atoms with Crippen LogP contribution in [0.5, 0.6) is 0 Å². The lowest BCUT2D eigenvalue weighted by Crippen LogP contribution is -2.06. The Labute approximate surface area is 121 Å². The Kier molecular flexibility index (Phi) is 4.33. The summed E-state index contributed by atoms with van der Waals surface area (Å²) in [4.78, 5) is 23.3. The van der Waals surface area contributed by atoms with Crippen molar-refractivity contribution in [2.45, 2.75) is 0 Å². The molecule has 2 N–H and O–H groups in total. The van der Waals surface area contributed by atoms with Gasteiger partial charge < -0.3 is 5.73 Å². The average molecular weight is 286 g/mol. The third-order valence-corrected chi connectivity index (χ3v) is 2.96. The molecular formula is C16H12ClNO2. The zero-order chi connectivity index (χ0) is 14.5. The van der Waals surface area contributed by atoms with E-state index >= 15 is 0 Å². The fourth-order valence-corrected chi connectivity index (χ4v) is 1.98. The van der Waals surface area contributed by atoms with Crippen LogP contribution in [0.2, 0.25) is 5.02 Å². The zero-order valence-corrected chi connectivity index (χ0v) is 11.3. The fraction of sp³-hybridized carbons (Fsp3) is 0. The van der Waals surface area contributed by atoms with E-state index in [9.17, 15) is 9.59 Å². The number of benzene rings is 2. The molecule has 0 saturated heterocycles. The van der Waals surface area contributed by atoms with E-state index in [4.69, 9.17) is 17.3 Å². The molecule has 3 nitrogen and oxygen atoms in total. The standard InChI is InChI=1S/C16H12ClNO2/c17-13-7-8-14(12(10-13)6-9-15(18)19)16(20)11-4-2-1-3-5-11/h1-10H,(H2,18,19)/b9-6+. The fourth-order valence-electron chi connectivity index (χ4n) is 1.80. The first kappa shape index (κ1) is 14.0. The van der Waals surface area contributed by atoms with E-state index in [1.165, 1.54) is 12.2 Å². The Bertz CT molecular complexity index is 678. The topological polar surface area (TPSA) is 60.2 Å². The third-order valence-electron chi connectivity index (χ3n) is 2.72. The molecule has 0 aliphatic heterocycles. The van der Waals surface area contributed by atoms with Gasteiger partial charge in [0.1, 0.15) is 0 Å². The van der Waals surface area contributed by atoms with E-state index < -0.39 is 5.91 Å². The van der Waals surface area contributed by atoms with Gasteiger partial charge in [-0.1, -0.05) is 41.9 Å². The van der Waals surface area contributed by atoms with Gasteiger partial charge in [0.05, 0.1) is 0 Å². The Balaban J connectivity index is 2.46. The summed E-state index contributed by atoms with van der Waals surface area (Å²) in [5, 5.41) is 0.485. The molecule has 0 spiro atoms. The van der Waals surface area contributed by atoms with Gasteiger partial charge in [-0.3, -0.25) is 9.59 Å². The van der Waals surface area contributed by atoms with Gasteiger partial charge >= 0.3 is 0 Å². The Morgan fingerprint density at radius 2 is 1.75 bits per heavy atom. The minimum Gasteiger partial charge on any atom is -0.366 e. The van der Waals surface area contributed by atoms with Gasteiger partial charge in [-0.2, -0.15) is 0 Å². The Morgan fingerprint density at radius 3 is 2.40 bits per heavy atom. The van der Waals surface area contributed by atoms with Crippen molar-refractivity contribution in [1.29, 1.82) is 0 Å². The molecule has 20 heavy (non-hydrogen) atoms. The summed E-state index contributed by atoms with van der Waals surface area (Å²) in [6, 6.07) is 13.8. The van der Waals surface area contributed by atoms with Crippen LogP contribution in [0.25, 0.3) is 6.08 Å². The van der Waals surface area contributed by atoms with Crippen LogP contribution >= 0.6 is 11.6 Å². The largest absolute Gasteiger partial charge is 0.366 e. The quantitative estimate of drug-likeness (QED) is 0.693. The first-order chi connectivity index (χ1) is 9.58. The maximum Gasteiger partial charge on any atom is 0.241 e. The molecular weight excluding hydrogens is 274 g/mol. The van der Waals surface area contributed by atoms with E-state index in [-0.39, 0.29) is 5.78 Å². The summed E-state index contributed by atoms with van der Waals surface area (Å²) in [5.74, 6) is -0.713. The second-order valence-electron chi connectivity index (χ2n) is 4.16. The monoisotopic (exact) mass is 285 g/mol. The summed E-state index contributed by atoms with van der Waals surface area (Å²) in [6.07, 6.45) is 2.69. The molecule has 0 saturated carbocycles. The number of hydrogen-bond donors (Lipinski definition) is 1. The van der Waals surface area contributed by atoms with Gasteiger partial charge in [-0.05, 0) is 29.8 Å². The Hall–Kier alpha value is -2.39. The number of primary amides is 1. The zero-order valence-electron chi connectivity index (χ0n) is 10.5. The van der Waals surface area contributed by atoms with Crippen LogP contribution in [-0.4, -0.2) is 11.7 Å². The molecule has 0 bridgehead atoms. The number of hydrogen-bond acceptors (Lipinski definition) is 2. The van der Waals surface area contributed by atoms with Crippen LogP contribution in [0.3, 0.4) is 0 Å². The molecule has 0 fully saturated rings. The normalized spacial score (nSPS) is 10.7. The minimum atomic E-state index is -0.580. The SMILES string of the molecule is NC(=O)/C=C/c1cc(Cl)ccc1C(=O)c1ccccc1. The highest BCUT2D eigenvalue weighted by atomic mass is 35.5. The van der Waals surface area contributed by atoms with Gasteiger partial charge in [0.2, 0.25) is 5.91 Å². The molecule has 2 rings (SSSR count). The first-order valence-electron chi connectivity index (χ1n) is 5.95. The number of halogens is 1. The van der Waals surface area contributed by atoms with Crippen molar-refractivity contribution in [1.82, 2.24) is 0 Å². The van der Waals surface area contributed by atoms with Crippen molar-refractivity contribution in [3.8, 4) is 0 Å². The predicted octanol–water partition coefficient (Wildman–Crippen LogP) is 3.07. The molecule has 0 heterocycles. The number of amides is 1. The molecule has 2 aromatic carbocycles. The molecule has 0 unspecified atom stereocenters. The van der Waals surface area contributed by atoms with E-state index in [2.05, 4.69) is 0 Å². The molecule has 0 aliphatic carbocycles. The van der Waals surface area contributed by atoms with Crippen LogP contribution in [0, 0.1) is 0 Å². The molecule has 2 aromatic rings. The highest BCUT2D eigenvalue weighted by Crippen LogP contribution is 2.20. The van der Waals surface area contributed by atoms with Crippen molar-refractivity contribution < 1.29 is 9.59 Å². The smallest absolute Gasteiger partial charge is 0.241 e. The second-order valence-corrected chi connectivity index (χ2v) is 4.60. The van der Waals surface area contributed by atoms with Crippen LogP contribution in [-0.2, 0) is 4.79 Å². The van der Waals surface area contributed by atoms with Crippen molar-refractivity contribution in [2.75, 3.05) is 0 Å². The van der Waals surface area contributed by atoms with Crippen molar-refractivity contribution in [3.63, 3.8) is 0 Å². The number of ketones is 1. The maximum atomic E-state index is 12.4. The summed E-state index contributed by atoms with van der Waals surface area (Å²) >= 11 is 5.92. The number of rotatable bonds is 4. The lowest BCUT2D eigenvalue weighted by molar-refractivity contribution is -0.113. The van der Waals surface area contributed by atoms with Crippen LogP contribution < -0.4 is 5.73 Å². The highest BCUT2D eigenvalue weighted by Gasteiger charge is 2.12. The number of carbonyl (C=O) groups is 2. The molecule has 0 atom stereocenters. The van der Waals surface area contributed by atoms with Crippen molar-refractivity contribution in [2.24, 2.45) is 5.73 Å². The first-order valence-corrected chi connectivity index (χ1v) is 6.32. The number of carbonyl (C=O) groups excluding carboxylic acids is 2. The summed E-state index contributed by atoms with van der Waals surface area (Å²) in [7, 11) is 0. The second kappa shape index (κ2) is 6.17. The van der Waals surface area contributed by atoms with E-state index in [1.54, 1.807) is 42.5 Å². The summed E-state index contributed by atoms with van der Waals surface area (Å²) < 4.78 is 0. The molecule has 4 heteroatoms. The average Bonchev–Trinajstić information content (AvgIpc) is 2.45. The van der Waals surface area contributed by atoms with Gasteiger partial charge in [0.15, 0.2) is 5.78 Å². The van der Waals surface area contributed by atoms with Gasteiger partial charge in [-0.15, -0.1) is 0 Å². The minimum absolute atomic E-state index is 0.133. The molecule has 0 aromatic heterocycles. The molecule has 1 amide bonds. The molecule has 100 valence electrons. The predicted molar refractivity (Wildman–Crippen MR) is 79.6 cm³/mol. The van der Waals surface area contributed by atoms with Gasteiger partial charge in [-0.25, -0.2) is 0 Å². The van der Waals surface area contributed by atoms with E-state index in [0.29, 0.717) is 21.7 Å². The van der Waals surface area contributed by atoms with Crippen LogP contribution in [0.4, 0.5) is 0 Å². The summed E-state index contributed by atoms with van der Waals surface area (Å²) in [6.45, 7) is 0. The van der Waals surface area contributed by atoms with Gasteiger partial charge in [0.25, 0.3) is 0 Å². The lowest BCUT2D eigenvalue weighted by atomic mass is 9.98. The Morgan fingerprint density at radius 1 is 1.05 bits per heavy atom. The van der Waals surface area contributed by atoms with Crippen molar-refractivity contribution >= 4 is 29.4 Å². The van der Waals surface area contributed by atoms with Crippen molar-refractivity contribution in [3.05, 3.63) is 76.3 Å². The maximum absolute atomic E-state index is 12.4. The number of nitrogens with two attached hydrogens (primary N) is 1. The van der Waals surface area contributed by atoms with Gasteiger partial charge in [0, 0.05) is 22.2 Å². The van der Waals surface area contributed by atoms with Crippen LogP contribution in [0.1, 0.15) is 21.5 Å². The molecule has 0 aliphatic rings. The highest BCUT2D eigenvalue weighted by molar-refractivity contribution is 6.31. The lowest BCUT2D eigenvalue weighted by Gasteiger charge is -2.06. The summed E-state index contributed by atoms with van der Waals surface area (Å²) in [5.41, 5.74) is 6.68. The van der Waals surface area contributed by atoms with E-state index in [1.807, 2.05) is 6.07 Å². The third kappa shape index (κ3) is 3.33. The van der Waals surface area contributed by atoms with Crippen LogP contribution in [0.15, 0.2) is 54.6 Å².